The molecule has 2 rings (SSSR count). The van der Waals surface area contributed by atoms with Crippen molar-refractivity contribution in [2.45, 2.75) is 89.8 Å². The van der Waals surface area contributed by atoms with Crippen LogP contribution in [0.3, 0.4) is 0 Å². The van der Waals surface area contributed by atoms with Gasteiger partial charge in [0.25, 0.3) is 0 Å². The first-order valence-electron chi connectivity index (χ1n) is 10.6. The van der Waals surface area contributed by atoms with Crippen LogP contribution >= 0.6 is 0 Å². The second-order valence-corrected chi connectivity index (χ2v) is 8.58. The van der Waals surface area contributed by atoms with Crippen LogP contribution in [0.15, 0.2) is 12.5 Å². The van der Waals surface area contributed by atoms with Crippen LogP contribution in [0.5, 0.6) is 0 Å². The first kappa shape index (κ1) is 22.4. The molecule has 1 aromatic rings. The van der Waals surface area contributed by atoms with Crippen LogP contribution < -0.4 is 10.6 Å². The number of nitrogens with zero attached hydrogens (tertiary/aromatic N) is 1. The van der Waals surface area contributed by atoms with E-state index in [9.17, 15) is 14.7 Å². The Bertz CT molecular complexity index is 570. The monoisotopic (exact) mass is 392 g/mol. The predicted molar refractivity (Wildman–Crippen MR) is 108 cm³/mol. The lowest BCUT2D eigenvalue weighted by Gasteiger charge is -2.30. The molecule has 7 heteroatoms. The fourth-order valence-corrected chi connectivity index (χ4v) is 4.24. The first-order chi connectivity index (χ1) is 13.5. The molecule has 0 radical (unpaired) electrons. The maximum absolute atomic E-state index is 12.9. The third kappa shape index (κ3) is 8.00. The van der Waals surface area contributed by atoms with Crippen LogP contribution in [0.4, 0.5) is 0 Å². The van der Waals surface area contributed by atoms with Gasteiger partial charge in [-0.05, 0) is 31.1 Å². The molecule has 158 valence electrons. The normalized spacial score (nSPS) is 18.4. The Balaban J connectivity index is 1.99. The fraction of sp³-hybridized carbons (Fsp3) is 0.762. The summed E-state index contributed by atoms with van der Waals surface area (Å²) in [6.07, 6.45) is 12.0. The number of aliphatic hydroxyl groups is 1. The molecule has 0 bridgehead atoms. The van der Waals surface area contributed by atoms with Crippen LogP contribution in [0.1, 0.15) is 70.9 Å². The molecule has 1 aliphatic rings. The van der Waals surface area contributed by atoms with Gasteiger partial charge in [-0.15, -0.1) is 0 Å². The average Bonchev–Trinajstić information content (AvgIpc) is 3.14. The van der Waals surface area contributed by atoms with Crippen molar-refractivity contribution in [3.63, 3.8) is 0 Å². The van der Waals surface area contributed by atoms with Gasteiger partial charge >= 0.3 is 0 Å². The van der Waals surface area contributed by atoms with Crippen LogP contribution in [0, 0.1) is 11.8 Å². The molecule has 7 nitrogen and oxygen atoms in total. The zero-order valence-electron chi connectivity index (χ0n) is 17.2. The summed E-state index contributed by atoms with van der Waals surface area (Å²) in [5, 5.41) is 16.2. The average molecular weight is 393 g/mol. The molecule has 4 N–H and O–H groups in total. The summed E-state index contributed by atoms with van der Waals surface area (Å²) in [6.45, 7) is 4.18. The number of imidazole rings is 1. The number of rotatable bonds is 12. The molecule has 0 saturated heterocycles. The largest absolute Gasteiger partial charge is 0.393 e. The number of hydrogen-bond acceptors (Lipinski definition) is 4. The Labute approximate surface area is 168 Å². The SMILES string of the molecule is CC(C)CC(O)CC(CC1CCCCC1)NC(=O)[C@H](Cc1cnc[nH]1)NC=O. The van der Waals surface area contributed by atoms with Gasteiger partial charge in [0.05, 0.1) is 12.4 Å². The number of carbonyl (C=O) groups excluding carboxylic acids is 2. The molecule has 1 saturated carbocycles. The minimum absolute atomic E-state index is 0.0814. The van der Waals surface area contributed by atoms with E-state index in [0.29, 0.717) is 31.1 Å². The molecule has 2 amide bonds. The summed E-state index contributed by atoms with van der Waals surface area (Å²) in [7, 11) is 0. The second-order valence-electron chi connectivity index (χ2n) is 8.58. The molecular formula is C21H36N4O3. The van der Waals surface area contributed by atoms with E-state index in [1.807, 2.05) is 0 Å². The molecule has 1 aliphatic carbocycles. The number of carbonyl (C=O) groups is 2. The number of nitrogens with one attached hydrogen (secondary N) is 3. The van der Waals surface area contributed by atoms with Gasteiger partial charge in [0, 0.05) is 24.4 Å². The van der Waals surface area contributed by atoms with Crippen molar-refractivity contribution in [3.8, 4) is 0 Å². The molecule has 1 heterocycles. The molecule has 0 spiro atoms. The van der Waals surface area contributed by atoms with E-state index < -0.39 is 12.1 Å². The molecule has 0 aliphatic heterocycles. The fourth-order valence-electron chi connectivity index (χ4n) is 4.24. The minimum Gasteiger partial charge on any atom is -0.393 e. The van der Waals surface area contributed by atoms with E-state index in [2.05, 4.69) is 34.4 Å². The van der Waals surface area contributed by atoms with Crippen molar-refractivity contribution in [2.24, 2.45) is 11.8 Å². The summed E-state index contributed by atoms with van der Waals surface area (Å²) < 4.78 is 0. The van der Waals surface area contributed by atoms with Crippen molar-refractivity contribution >= 4 is 12.3 Å². The highest BCUT2D eigenvalue weighted by atomic mass is 16.3. The Morgan fingerprint density at radius 2 is 2.07 bits per heavy atom. The molecule has 2 unspecified atom stereocenters. The Kier molecular flexibility index (Phi) is 9.47. The highest BCUT2D eigenvalue weighted by molar-refractivity contribution is 5.84. The Hall–Kier alpha value is -1.89. The van der Waals surface area contributed by atoms with Gasteiger partial charge < -0.3 is 20.7 Å². The molecule has 28 heavy (non-hydrogen) atoms. The van der Waals surface area contributed by atoms with E-state index in [1.165, 1.54) is 32.1 Å². The lowest BCUT2D eigenvalue weighted by atomic mass is 9.83. The quantitative estimate of drug-likeness (QED) is 0.410. The van der Waals surface area contributed by atoms with E-state index in [1.54, 1.807) is 12.5 Å². The lowest BCUT2D eigenvalue weighted by Crippen LogP contribution is -2.49. The van der Waals surface area contributed by atoms with Crippen LogP contribution in [-0.2, 0) is 16.0 Å². The summed E-state index contributed by atoms with van der Waals surface area (Å²) in [5.41, 5.74) is 0.790. The number of aromatic nitrogens is 2. The summed E-state index contributed by atoms with van der Waals surface area (Å²) in [6, 6.07) is -0.740. The number of aliphatic hydroxyl groups excluding tert-OH is 1. The van der Waals surface area contributed by atoms with Gasteiger partial charge in [-0.1, -0.05) is 46.0 Å². The maximum Gasteiger partial charge on any atom is 0.243 e. The van der Waals surface area contributed by atoms with Crippen molar-refractivity contribution in [1.29, 1.82) is 0 Å². The molecule has 3 atom stereocenters. The van der Waals surface area contributed by atoms with Crippen LogP contribution in [0.25, 0.3) is 0 Å². The third-order valence-electron chi connectivity index (χ3n) is 5.55. The topological polar surface area (TPSA) is 107 Å². The van der Waals surface area contributed by atoms with Gasteiger partial charge in [-0.2, -0.15) is 0 Å². The van der Waals surface area contributed by atoms with Gasteiger partial charge in [0.2, 0.25) is 12.3 Å². The molecule has 1 fully saturated rings. The van der Waals surface area contributed by atoms with Crippen molar-refractivity contribution in [3.05, 3.63) is 18.2 Å². The molecule has 1 aromatic heterocycles. The van der Waals surface area contributed by atoms with Gasteiger partial charge in [-0.3, -0.25) is 9.59 Å². The summed E-state index contributed by atoms with van der Waals surface area (Å²) in [4.78, 5) is 30.8. The Morgan fingerprint density at radius 3 is 2.68 bits per heavy atom. The standard InChI is InChI=1S/C21H36N4O3/c1-15(2)8-19(27)10-17(9-16-6-4-3-5-7-16)25-21(28)20(24-14-26)11-18-12-22-13-23-18/h12-17,19-20,27H,3-11H2,1-2H3,(H,22,23)(H,24,26)(H,25,28)/t17?,19?,20-/m0/s1. The highest BCUT2D eigenvalue weighted by Crippen LogP contribution is 2.28. The van der Waals surface area contributed by atoms with Gasteiger partial charge in [0.15, 0.2) is 0 Å². The van der Waals surface area contributed by atoms with Gasteiger partial charge in [-0.25, -0.2) is 4.98 Å². The summed E-state index contributed by atoms with van der Waals surface area (Å²) >= 11 is 0. The van der Waals surface area contributed by atoms with Crippen molar-refractivity contribution in [1.82, 2.24) is 20.6 Å². The zero-order chi connectivity index (χ0) is 20.4. The van der Waals surface area contributed by atoms with E-state index in [4.69, 9.17) is 0 Å². The lowest BCUT2D eigenvalue weighted by molar-refractivity contribution is -0.126. The van der Waals surface area contributed by atoms with E-state index in [0.717, 1.165) is 18.5 Å². The van der Waals surface area contributed by atoms with Crippen molar-refractivity contribution in [2.75, 3.05) is 0 Å². The number of hydrogen-bond donors (Lipinski definition) is 4. The number of aromatic amines is 1. The van der Waals surface area contributed by atoms with Crippen molar-refractivity contribution < 1.29 is 14.7 Å². The van der Waals surface area contributed by atoms with E-state index in [-0.39, 0.29) is 11.9 Å². The maximum atomic E-state index is 12.9. The number of H-pyrrole nitrogens is 1. The van der Waals surface area contributed by atoms with Crippen LogP contribution in [0.2, 0.25) is 0 Å². The number of amides is 2. The Morgan fingerprint density at radius 1 is 1.32 bits per heavy atom. The summed E-state index contributed by atoms with van der Waals surface area (Å²) in [5.74, 6) is 0.792. The third-order valence-corrected chi connectivity index (χ3v) is 5.55. The first-order valence-corrected chi connectivity index (χ1v) is 10.6. The minimum atomic E-state index is -0.658. The molecular weight excluding hydrogens is 356 g/mol. The smallest absolute Gasteiger partial charge is 0.243 e. The highest BCUT2D eigenvalue weighted by Gasteiger charge is 2.26. The van der Waals surface area contributed by atoms with E-state index >= 15 is 0 Å². The predicted octanol–water partition coefficient (Wildman–Crippen LogP) is 2.32. The van der Waals surface area contributed by atoms with Gasteiger partial charge in [0.1, 0.15) is 6.04 Å². The second kappa shape index (κ2) is 11.8. The van der Waals surface area contributed by atoms with Crippen LogP contribution in [-0.4, -0.2) is 45.6 Å². The zero-order valence-corrected chi connectivity index (χ0v) is 17.2. The molecule has 0 aromatic carbocycles.